The Balaban J connectivity index is 2.11. The fourth-order valence-corrected chi connectivity index (χ4v) is 1.80. The van der Waals surface area contributed by atoms with E-state index >= 15 is 0 Å². The zero-order valence-electron chi connectivity index (χ0n) is 12.1. The molecule has 1 aromatic carbocycles. The molecule has 0 saturated heterocycles. The van der Waals surface area contributed by atoms with Gasteiger partial charge in [0, 0.05) is 12.1 Å². The minimum absolute atomic E-state index is 0.196. The molecule has 0 spiro atoms. The van der Waals surface area contributed by atoms with Crippen molar-refractivity contribution in [2.24, 2.45) is 0 Å². The smallest absolute Gasteiger partial charge is 0.301 e. The summed E-state index contributed by atoms with van der Waals surface area (Å²) in [4.78, 5) is 12.1. The van der Waals surface area contributed by atoms with E-state index < -0.39 is 0 Å². The minimum atomic E-state index is -0.235. The molecule has 1 heterocycles. The zero-order chi connectivity index (χ0) is 14.6. The topological polar surface area (TPSA) is 45.5 Å². The fraction of sp³-hybridized carbons (Fsp3) is 0.312. The predicted octanol–water partition coefficient (Wildman–Crippen LogP) is 3.23. The molecule has 4 heteroatoms. The number of hydrazine groups is 1. The first-order chi connectivity index (χ1) is 9.47. The highest BCUT2D eigenvalue weighted by atomic mass is 16.3. The highest BCUT2D eigenvalue weighted by Crippen LogP contribution is 2.15. The molecule has 0 fully saturated rings. The third-order valence-electron chi connectivity index (χ3n) is 2.97. The highest BCUT2D eigenvalue weighted by Gasteiger charge is 2.24. The van der Waals surface area contributed by atoms with Crippen LogP contribution in [0.5, 0.6) is 0 Å². The first-order valence-corrected chi connectivity index (χ1v) is 6.63. The van der Waals surface area contributed by atoms with Crippen molar-refractivity contribution in [3.63, 3.8) is 0 Å². The number of rotatable bonds is 4. The number of hydrogen-bond donors (Lipinski definition) is 1. The number of hydrogen-bond acceptors (Lipinski definition) is 3. The molecular weight excluding hydrogens is 252 g/mol. The van der Waals surface area contributed by atoms with Crippen LogP contribution in [0.4, 0.5) is 0 Å². The van der Waals surface area contributed by atoms with Gasteiger partial charge in [-0.3, -0.25) is 10.2 Å². The Kier molecular flexibility index (Phi) is 4.25. The van der Waals surface area contributed by atoms with Crippen LogP contribution in [0.3, 0.4) is 0 Å². The van der Waals surface area contributed by atoms with Gasteiger partial charge in [0.2, 0.25) is 0 Å². The lowest BCUT2D eigenvalue weighted by Gasteiger charge is -2.35. The van der Waals surface area contributed by atoms with Crippen LogP contribution >= 0.6 is 0 Å². The number of nitrogens with one attached hydrogen (secondary N) is 1. The van der Waals surface area contributed by atoms with Crippen molar-refractivity contribution in [3.8, 4) is 0 Å². The normalized spacial score (nSPS) is 11.6. The molecule has 20 heavy (non-hydrogen) atoms. The molecule has 0 aliphatic carbocycles. The van der Waals surface area contributed by atoms with E-state index in [4.69, 9.17) is 4.42 Å². The van der Waals surface area contributed by atoms with Gasteiger partial charge in [0.05, 0.1) is 6.26 Å². The Hall–Kier alpha value is -2.07. The van der Waals surface area contributed by atoms with Gasteiger partial charge in [-0.15, -0.1) is 0 Å². The quantitative estimate of drug-likeness (QED) is 0.869. The maximum absolute atomic E-state index is 12.1. The highest BCUT2D eigenvalue weighted by molar-refractivity contribution is 5.90. The van der Waals surface area contributed by atoms with Crippen LogP contribution in [0.1, 0.15) is 36.9 Å². The molecule has 106 valence electrons. The van der Waals surface area contributed by atoms with Crippen molar-refractivity contribution >= 4 is 5.91 Å². The second-order valence-corrected chi connectivity index (χ2v) is 5.66. The average Bonchev–Trinajstić information content (AvgIpc) is 2.92. The lowest BCUT2D eigenvalue weighted by Crippen LogP contribution is -2.52. The van der Waals surface area contributed by atoms with E-state index in [0.717, 1.165) is 5.56 Å². The molecule has 0 aliphatic heterocycles. The summed E-state index contributed by atoms with van der Waals surface area (Å²) in [5, 5.41) is 1.91. The Labute approximate surface area is 119 Å². The van der Waals surface area contributed by atoms with Crippen LogP contribution in [0.2, 0.25) is 0 Å². The SMILES string of the molecule is CC(C)(C)N(Cc1ccccc1)NC(=O)c1ccco1. The lowest BCUT2D eigenvalue weighted by atomic mass is 10.1. The Morgan fingerprint density at radius 3 is 2.40 bits per heavy atom. The largest absolute Gasteiger partial charge is 0.459 e. The van der Waals surface area contributed by atoms with Crippen LogP contribution in [0.15, 0.2) is 53.1 Å². The molecule has 0 atom stereocenters. The van der Waals surface area contributed by atoms with E-state index in [-0.39, 0.29) is 11.4 Å². The molecule has 0 saturated carbocycles. The van der Waals surface area contributed by atoms with Gasteiger partial charge in [-0.05, 0) is 38.5 Å². The maximum Gasteiger partial charge on any atom is 0.301 e. The molecule has 4 nitrogen and oxygen atoms in total. The van der Waals surface area contributed by atoms with E-state index in [1.807, 2.05) is 35.3 Å². The van der Waals surface area contributed by atoms with Crippen LogP contribution in [-0.2, 0) is 6.54 Å². The molecule has 0 unspecified atom stereocenters. The van der Waals surface area contributed by atoms with Crippen LogP contribution < -0.4 is 5.43 Å². The molecule has 2 aromatic rings. The first-order valence-electron chi connectivity index (χ1n) is 6.63. The molecule has 1 aromatic heterocycles. The molecule has 0 aliphatic rings. The van der Waals surface area contributed by atoms with Crippen molar-refractivity contribution in [2.75, 3.05) is 0 Å². The number of amides is 1. The first kappa shape index (κ1) is 14.3. The van der Waals surface area contributed by atoms with E-state index in [9.17, 15) is 4.79 Å². The summed E-state index contributed by atoms with van der Waals surface area (Å²) < 4.78 is 5.12. The summed E-state index contributed by atoms with van der Waals surface area (Å²) in [7, 11) is 0. The number of nitrogens with zero attached hydrogens (tertiary/aromatic N) is 1. The standard InChI is InChI=1S/C16H20N2O2/c1-16(2,3)18(12-13-8-5-4-6-9-13)17-15(19)14-10-7-11-20-14/h4-11H,12H2,1-3H3,(H,17,19). The van der Waals surface area contributed by atoms with Gasteiger partial charge in [0.25, 0.3) is 0 Å². The van der Waals surface area contributed by atoms with Gasteiger partial charge in [0.1, 0.15) is 0 Å². The Morgan fingerprint density at radius 2 is 1.85 bits per heavy atom. The van der Waals surface area contributed by atoms with Gasteiger partial charge in [-0.1, -0.05) is 30.3 Å². The van der Waals surface area contributed by atoms with Gasteiger partial charge in [0.15, 0.2) is 5.76 Å². The van der Waals surface area contributed by atoms with Crippen molar-refractivity contribution in [2.45, 2.75) is 32.9 Å². The molecule has 1 amide bonds. The predicted molar refractivity (Wildman–Crippen MR) is 77.9 cm³/mol. The lowest BCUT2D eigenvalue weighted by molar-refractivity contribution is 0.0440. The van der Waals surface area contributed by atoms with E-state index in [2.05, 4.69) is 26.2 Å². The second-order valence-electron chi connectivity index (χ2n) is 5.66. The number of carbonyl (C=O) groups excluding carboxylic acids is 1. The maximum atomic E-state index is 12.1. The monoisotopic (exact) mass is 272 g/mol. The van der Waals surface area contributed by atoms with E-state index in [1.54, 1.807) is 12.1 Å². The van der Waals surface area contributed by atoms with Crippen LogP contribution in [0, 0.1) is 0 Å². The van der Waals surface area contributed by atoms with E-state index in [0.29, 0.717) is 12.3 Å². The van der Waals surface area contributed by atoms with Crippen molar-refractivity contribution in [1.29, 1.82) is 0 Å². The van der Waals surface area contributed by atoms with Gasteiger partial charge >= 0.3 is 5.91 Å². The summed E-state index contributed by atoms with van der Waals surface area (Å²) in [6.07, 6.45) is 1.49. The molecule has 0 bridgehead atoms. The van der Waals surface area contributed by atoms with Crippen molar-refractivity contribution in [1.82, 2.24) is 10.4 Å². The van der Waals surface area contributed by atoms with Crippen LogP contribution in [0.25, 0.3) is 0 Å². The van der Waals surface area contributed by atoms with Gasteiger partial charge < -0.3 is 4.42 Å². The zero-order valence-corrected chi connectivity index (χ0v) is 12.1. The molecular formula is C16H20N2O2. The van der Waals surface area contributed by atoms with E-state index in [1.165, 1.54) is 6.26 Å². The van der Waals surface area contributed by atoms with Crippen molar-refractivity contribution in [3.05, 3.63) is 60.1 Å². The molecule has 2 rings (SSSR count). The van der Waals surface area contributed by atoms with Gasteiger partial charge in [-0.25, -0.2) is 5.01 Å². The third kappa shape index (κ3) is 3.71. The third-order valence-corrected chi connectivity index (χ3v) is 2.97. The minimum Gasteiger partial charge on any atom is -0.459 e. The summed E-state index contributed by atoms with van der Waals surface area (Å²) in [6, 6.07) is 13.4. The number of carbonyl (C=O) groups is 1. The van der Waals surface area contributed by atoms with Crippen LogP contribution in [-0.4, -0.2) is 16.5 Å². The second kappa shape index (κ2) is 5.92. The van der Waals surface area contributed by atoms with Gasteiger partial charge in [-0.2, -0.15) is 0 Å². The average molecular weight is 272 g/mol. The van der Waals surface area contributed by atoms with Crippen molar-refractivity contribution < 1.29 is 9.21 Å². The Morgan fingerprint density at radius 1 is 1.15 bits per heavy atom. The molecule has 1 N–H and O–H groups in total. The fourth-order valence-electron chi connectivity index (χ4n) is 1.80. The Bertz CT molecular complexity index is 542. The number of benzene rings is 1. The summed E-state index contributed by atoms with van der Waals surface area (Å²) >= 11 is 0. The summed E-state index contributed by atoms with van der Waals surface area (Å²) in [5.74, 6) is 0.0770. The number of furan rings is 1. The summed E-state index contributed by atoms with van der Waals surface area (Å²) in [6.45, 7) is 6.80. The molecule has 0 radical (unpaired) electrons. The summed E-state index contributed by atoms with van der Waals surface area (Å²) in [5.41, 5.74) is 3.85.